The minimum absolute atomic E-state index is 0.110. The molecule has 0 radical (unpaired) electrons. The highest BCUT2D eigenvalue weighted by Crippen LogP contribution is 2.11. The Hall–Kier alpha value is -2.34. The first-order chi connectivity index (χ1) is 8.69. The highest BCUT2D eigenvalue weighted by Gasteiger charge is 2.08. The van der Waals surface area contributed by atoms with E-state index in [2.05, 4.69) is 15.5 Å². The summed E-state index contributed by atoms with van der Waals surface area (Å²) in [5.41, 5.74) is 7.42. The SMILES string of the molecule is Nc1cc(C(=O)Nc2ccc(CCO)cc2)[nH]n1. The Balaban J connectivity index is 2.03. The maximum absolute atomic E-state index is 11.8. The third kappa shape index (κ3) is 2.86. The molecule has 1 aromatic heterocycles. The number of amides is 1. The first kappa shape index (κ1) is 12.1. The predicted octanol–water partition coefficient (Wildman–Crippen LogP) is 0.779. The molecule has 0 saturated carbocycles. The largest absolute Gasteiger partial charge is 0.396 e. The van der Waals surface area contributed by atoms with Gasteiger partial charge in [-0.15, -0.1) is 0 Å². The number of nitrogen functional groups attached to an aromatic ring is 1. The Morgan fingerprint density at radius 1 is 1.39 bits per heavy atom. The van der Waals surface area contributed by atoms with Crippen LogP contribution in [0.15, 0.2) is 30.3 Å². The van der Waals surface area contributed by atoms with Crippen molar-refractivity contribution in [2.75, 3.05) is 17.7 Å². The number of H-pyrrole nitrogens is 1. The molecule has 1 amide bonds. The minimum atomic E-state index is -0.297. The molecule has 0 bridgehead atoms. The summed E-state index contributed by atoms with van der Waals surface area (Å²) in [5, 5.41) is 17.7. The van der Waals surface area contributed by atoms with Crippen LogP contribution >= 0.6 is 0 Å². The van der Waals surface area contributed by atoms with Gasteiger partial charge in [-0.3, -0.25) is 9.89 Å². The van der Waals surface area contributed by atoms with E-state index in [9.17, 15) is 4.79 Å². The zero-order valence-electron chi connectivity index (χ0n) is 9.68. The molecule has 0 aliphatic heterocycles. The van der Waals surface area contributed by atoms with Gasteiger partial charge in [0.2, 0.25) is 0 Å². The second-order valence-electron chi connectivity index (χ2n) is 3.83. The number of carbonyl (C=O) groups is 1. The fourth-order valence-electron chi connectivity index (χ4n) is 1.54. The third-order valence-electron chi connectivity index (χ3n) is 2.45. The number of nitrogens with zero attached hydrogens (tertiary/aromatic N) is 1. The molecule has 0 aliphatic rings. The molecule has 0 aliphatic carbocycles. The number of hydrogen-bond donors (Lipinski definition) is 4. The molecule has 1 aromatic carbocycles. The van der Waals surface area contributed by atoms with Gasteiger partial charge < -0.3 is 16.2 Å². The van der Waals surface area contributed by atoms with E-state index < -0.39 is 0 Å². The monoisotopic (exact) mass is 246 g/mol. The Labute approximate surface area is 104 Å². The number of aliphatic hydroxyl groups is 1. The maximum atomic E-state index is 11.8. The molecule has 18 heavy (non-hydrogen) atoms. The van der Waals surface area contributed by atoms with Gasteiger partial charge >= 0.3 is 0 Å². The van der Waals surface area contributed by atoms with Gasteiger partial charge in [0.25, 0.3) is 5.91 Å². The lowest BCUT2D eigenvalue weighted by atomic mass is 10.1. The van der Waals surface area contributed by atoms with Crippen molar-refractivity contribution in [1.82, 2.24) is 10.2 Å². The fraction of sp³-hybridized carbons (Fsp3) is 0.167. The molecule has 0 spiro atoms. The summed E-state index contributed by atoms with van der Waals surface area (Å²) >= 11 is 0. The molecule has 94 valence electrons. The molecular weight excluding hydrogens is 232 g/mol. The topological polar surface area (TPSA) is 104 Å². The number of aliphatic hydroxyl groups excluding tert-OH is 1. The fourth-order valence-corrected chi connectivity index (χ4v) is 1.54. The molecule has 0 fully saturated rings. The van der Waals surface area contributed by atoms with Gasteiger partial charge in [-0.1, -0.05) is 12.1 Å². The van der Waals surface area contributed by atoms with Gasteiger partial charge in [0.1, 0.15) is 11.5 Å². The Morgan fingerprint density at radius 3 is 2.67 bits per heavy atom. The van der Waals surface area contributed by atoms with Crippen LogP contribution in [0.25, 0.3) is 0 Å². The average Bonchev–Trinajstić information content (AvgIpc) is 2.79. The smallest absolute Gasteiger partial charge is 0.273 e. The van der Waals surface area contributed by atoms with Crippen molar-refractivity contribution in [3.05, 3.63) is 41.6 Å². The second-order valence-corrected chi connectivity index (χ2v) is 3.83. The molecule has 6 heteroatoms. The number of carbonyl (C=O) groups excluding carboxylic acids is 1. The van der Waals surface area contributed by atoms with Crippen molar-refractivity contribution < 1.29 is 9.90 Å². The summed E-state index contributed by atoms with van der Waals surface area (Å²) in [5.74, 6) is -0.0208. The van der Waals surface area contributed by atoms with Crippen molar-refractivity contribution in [2.45, 2.75) is 6.42 Å². The minimum Gasteiger partial charge on any atom is -0.396 e. The summed E-state index contributed by atoms with van der Waals surface area (Å²) in [6.07, 6.45) is 0.602. The Bertz CT molecular complexity index is 533. The van der Waals surface area contributed by atoms with Crippen LogP contribution in [0.5, 0.6) is 0 Å². The second kappa shape index (κ2) is 5.33. The van der Waals surface area contributed by atoms with Crippen LogP contribution in [-0.4, -0.2) is 27.8 Å². The summed E-state index contributed by atoms with van der Waals surface area (Å²) in [4.78, 5) is 11.8. The van der Waals surface area contributed by atoms with Crippen LogP contribution in [0, 0.1) is 0 Å². The van der Waals surface area contributed by atoms with Crippen LogP contribution in [0.3, 0.4) is 0 Å². The number of aromatic nitrogens is 2. The number of anilines is 2. The first-order valence-corrected chi connectivity index (χ1v) is 5.51. The molecular formula is C12H14N4O2. The van der Waals surface area contributed by atoms with E-state index in [0.29, 0.717) is 17.8 Å². The van der Waals surface area contributed by atoms with Crippen LogP contribution in [-0.2, 0) is 6.42 Å². The highest BCUT2D eigenvalue weighted by molar-refractivity contribution is 6.03. The van der Waals surface area contributed by atoms with Crippen molar-refractivity contribution in [3.63, 3.8) is 0 Å². The first-order valence-electron chi connectivity index (χ1n) is 5.51. The average molecular weight is 246 g/mol. The number of rotatable bonds is 4. The summed E-state index contributed by atoms with van der Waals surface area (Å²) in [7, 11) is 0. The molecule has 6 nitrogen and oxygen atoms in total. The van der Waals surface area contributed by atoms with Crippen molar-refractivity contribution in [3.8, 4) is 0 Å². The maximum Gasteiger partial charge on any atom is 0.273 e. The number of nitrogens with one attached hydrogen (secondary N) is 2. The molecule has 0 atom stereocenters. The van der Waals surface area contributed by atoms with E-state index in [1.54, 1.807) is 12.1 Å². The van der Waals surface area contributed by atoms with E-state index in [1.807, 2.05) is 12.1 Å². The van der Waals surface area contributed by atoms with E-state index in [0.717, 1.165) is 5.56 Å². The van der Waals surface area contributed by atoms with Crippen LogP contribution in [0.2, 0.25) is 0 Å². The van der Waals surface area contributed by atoms with E-state index >= 15 is 0 Å². The van der Waals surface area contributed by atoms with Gasteiger partial charge in [-0.25, -0.2) is 0 Å². The normalized spacial score (nSPS) is 10.3. The predicted molar refractivity (Wildman–Crippen MR) is 68.2 cm³/mol. The lowest BCUT2D eigenvalue weighted by Crippen LogP contribution is -2.12. The molecule has 0 saturated heterocycles. The van der Waals surface area contributed by atoms with Crippen LogP contribution < -0.4 is 11.1 Å². The zero-order valence-corrected chi connectivity index (χ0v) is 9.68. The van der Waals surface area contributed by atoms with E-state index in [1.165, 1.54) is 6.07 Å². The standard InChI is InChI=1S/C12H14N4O2/c13-11-7-10(15-16-11)12(18)14-9-3-1-8(2-4-9)5-6-17/h1-4,7,17H,5-6H2,(H,14,18)(H3,13,15,16). The third-order valence-corrected chi connectivity index (χ3v) is 2.45. The summed E-state index contributed by atoms with van der Waals surface area (Å²) in [6, 6.07) is 8.74. The van der Waals surface area contributed by atoms with Crippen LogP contribution in [0.4, 0.5) is 11.5 Å². The summed E-state index contributed by atoms with van der Waals surface area (Å²) < 4.78 is 0. The van der Waals surface area contributed by atoms with Crippen LogP contribution in [0.1, 0.15) is 16.1 Å². The van der Waals surface area contributed by atoms with Gasteiger partial charge in [-0.2, -0.15) is 5.10 Å². The number of benzene rings is 1. The van der Waals surface area contributed by atoms with Crippen molar-refractivity contribution in [1.29, 1.82) is 0 Å². The molecule has 2 aromatic rings. The van der Waals surface area contributed by atoms with Gasteiger partial charge in [0.05, 0.1) is 0 Å². The number of hydrogen-bond acceptors (Lipinski definition) is 4. The van der Waals surface area contributed by atoms with Crippen molar-refractivity contribution >= 4 is 17.4 Å². The molecule has 5 N–H and O–H groups in total. The van der Waals surface area contributed by atoms with Gasteiger partial charge in [0.15, 0.2) is 0 Å². The lowest BCUT2D eigenvalue weighted by Gasteiger charge is -2.04. The van der Waals surface area contributed by atoms with Gasteiger partial charge in [0, 0.05) is 18.4 Å². The molecule has 1 heterocycles. The Morgan fingerprint density at radius 2 is 2.11 bits per heavy atom. The van der Waals surface area contributed by atoms with Gasteiger partial charge in [-0.05, 0) is 24.1 Å². The lowest BCUT2D eigenvalue weighted by molar-refractivity contribution is 0.102. The number of aromatic amines is 1. The van der Waals surface area contributed by atoms with E-state index in [-0.39, 0.29) is 18.3 Å². The molecule has 0 unspecified atom stereocenters. The highest BCUT2D eigenvalue weighted by atomic mass is 16.2. The summed E-state index contributed by atoms with van der Waals surface area (Å²) in [6.45, 7) is 0.110. The van der Waals surface area contributed by atoms with Crippen molar-refractivity contribution in [2.24, 2.45) is 0 Å². The Kier molecular flexibility index (Phi) is 3.59. The quantitative estimate of drug-likeness (QED) is 0.639. The van der Waals surface area contributed by atoms with E-state index in [4.69, 9.17) is 10.8 Å². The number of nitrogens with two attached hydrogens (primary N) is 1. The zero-order chi connectivity index (χ0) is 13.0. The molecule has 2 rings (SSSR count).